The third-order valence-electron chi connectivity index (χ3n) is 4.64. The van der Waals surface area contributed by atoms with E-state index in [0.29, 0.717) is 12.0 Å². The highest BCUT2D eigenvalue weighted by atomic mass is 32.1. The summed E-state index contributed by atoms with van der Waals surface area (Å²) in [4.78, 5) is 25.3. The molecule has 0 saturated carbocycles. The first-order chi connectivity index (χ1) is 13.0. The molecule has 3 aromatic heterocycles. The fourth-order valence-corrected chi connectivity index (χ4v) is 4.72. The second-order valence-corrected chi connectivity index (χ2v) is 8.03. The number of rotatable bonds is 8. The molecule has 0 aliphatic heterocycles. The van der Waals surface area contributed by atoms with Crippen molar-refractivity contribution in [2.24, 2.45) is 5.73 Å². The van der Waals surface area contributed by atoms with Gasteiger partial charge in [-0.3, -0.25) is 9.59 Å². The largest absolute Gasteiger partial charge is 0.469 e. The molecule has 7 heteroatoms. The monoisotopic (exact) mass is 402 g/mol. The highest BCUT2D eigenvalue weighted by molar-refractivity contribution is 7.09. The minimum Gasteiger partial charge on any atom is -0.469 e. The number of primary amides is 1. The van der Waals surface area contributed by atoms with Crippen LogP contribution in [-0.2, 0) is 28.9 Å². The Hall–Kier alpha value is -2.38. The van der Waals surface area contributed by atoms with Gasteiger partial charge in [-0.1, -0.05) is 6.07 Å². The molecule has 1 amide bonds. The number of carbonyl (C=O) groups is 2. The lowest BCUT2D eigenvalue weighted by atomic mass is 10.0. The summed E-state index contributed by atoms with van der Waals surface area (Å²) in [5.41, 5.74) is 9.89. The Bertz CT molecular complexity index is 925. The molecule has 0 atom stereocenters. The van der Waals surface area contributed by atoms with Crippen molar-refractivity contribution in [3.8, 4) is 11.1 Å². The van der Waals surface area contributed by atoms with E-state index in [1.54, 1.807) is 22.7 Å². The van der Waals surface area contributed by atoms with Crippen LogP contribution in [0.15, 0.2) is 34.3 Å². The van der Waals surface area contributed by atoms with Gasteiger partial charge in [0.25, 0.3) is 5.91 Å². The lowest BCUT2D eigenvalue weighted by Gasteiger charge is -2.12. The number of hydrogen-bond donors (Lipinski definition) is 1. The van der Waals surface area contributed by atoms with Crippen LogP contribution in [0.3, 0.4) is 0 Å². The van der Waals surface area contributed by atoms with Gasteiger partial charge in [-0.05, 0) is 53.6 Å². The first kappa shape index (κ1) is 19.4. The Morgan fingerprint density at radius 1 is 1.22 bits per heavy atom. The number of nitrogens with zero attached hydrogens (tertiary/aromatic N) is 1. The maximum Gasteiger partial charge on any atom is 0.305 e. The minimum absolute atomic E-state index is 0.258. The Labute approximate surface area is 166 Å². The molecule has 142 valence electrons. The molecule has 0 spiro atoms. The average Bonchev–Trinajstić information content (AvgIpc) is 3.38. The van der Waals surface area contributed by atoms with E-state index in [2.05, 4.69) is 16.0 Å². The van der Waals surface area contributed by atoms with Crippen LogP contribution < -0.4 is 5.73 Å². The molecule has 0 bridgehead atoms. The zero-order chi connectivity index (χ0) is 19.4. The zero-order valence-corrected chi connectivity index (χ0v) is 17.0. The molecule has 27 heavy (non-hydrogen) atoms. The van der Waals surface area contributed by atoms with Gasteiger partial charge in [0.1, 0.15) is 0 Å². The standard InChI is InChI=1S/C20H22N2O3S2/c1-13-18(20(21)24)19(14-8-11-26-12-14)16(5-6-17(23)25-2)22(13)9-7-15-4-3-10-27-15/h3-4,8,10-12H,5-7,9H2,1-2H3,(H2,21,24). The van der Waals surface area contributed by atoms with Crippen molar-refractivity contribution in [3.05, 3.63) is 56.2 Å². The van der Waals surface area contributed by atoms with Crippen LogP contribution in [0.2, 0.25) is 0 Å². The van der Waals surface area contributed by atoms with Gasteiger partial charge in [-0.15, -0.1) is 11.3 Å². The number of amides is 1. The van der Waals surface area contributed by atoms with Crippen molar-refractivity contribution in [3.63, 3.8) is 0 Å². The second-order valence-electron chi connectivity index (χ2n) is 6.22. The van der Waals surface area contributed by atoms with Gasteiger partial charge >= 0.3 is 5.97 Å². The summed E-state index contributed by atoms with van der Waals surface area (Å²) in [7, 11) is 1.39. The van der Waals surface area contributed by atoms with Crippen molar-refractivity contribution in [2.75, 3.05) is 7.11 Å². The number of esters is 1. The van der Waals surface area contributed by atoms with E-state index < -0.39 is 5.91 Å². The number of ether oxygens (including phenoxy) is 1. The third kappa shape index (κ3) is 4.14. The van der Waals surface area contributed by atoms with Gasteiger partial charge < -0.3 is 15.0 Å². The summed E-state index contributed by atoms with van der Waals surface area (Å²) in [6, 6.07) is 6.12. The SMILES string of the molecule is COC(=O)CCc1c(-c2ccsc2)c(C(N)=O)c(C)n1CCc1cccs1. The van der Waals surface area contributed by atoms with E-state index in [1.807, 2.05) is 29.8 Å². The highest BCUT2D eigenvalue weighted by Crippen LogP contribution is 2.35. The van der Waals surface area contributed by atoms with Crippen molar-refractivity contribution < 1.29 is 14.3 Å². The molecule has 0 aromatic carbocycles. The minimum atomic E-state index is -0.442. The van der Waals surface area contributed by atoms with Crippen molar-refractivity contribution in [1.29, 1.82) is 0 Å². The summed E-state index contributed by atoms with van der Waals surface area (Å²) in [5.74, 6) is -0.710. The van der Waals surface area contributed by atoms with Crippen molar-refractivity contribution in [1.82, 2.24) is 4.57 Å². The Balaban J connectivity index is 2.07. The topological polar surface area (TPSA) is 74.3 Å². The summed E-state index contributed by atoms with van der Waals surface area (Å²) >= 11 is 3.28. The molecule has 0 saturated heterocycles. The Morgan fingerprint density at radius 3 is 2.63 bits per heavy atom. The van der Waals surface area contributed by atoms with Gasteiger partial charge in [-0.25, -0.2) is 0 Å². The molecular formula is C20H22N2O3S2. The van der Waals surface area contributed by atoms with Gasteiger partial charge in [0.05, 0.1) is 19.1 Å². The van der Waals surface area contributed by atoms with Crippen LogP contribution in [-0.4, -0.2) is 23.6 Å². The van der Waals surface area contributed by atoms with Crippen molar-refractivity contribution in [2.45, 2.75) is 32.7 Å². The van der Waals surface area contributed by atoms with Crippen LogP contribution >= 0.6 is 22.7 Å². The third-order valence-corrected chi connectivity index (χ3v) is 6.26. The fourth-order valence-electron chi connectivity index (χ4n) is 3.38. The second kappa shape index (κ2) is 8.54. The Morgan fingerprint density at radius 2 is 2.04 bits per heavy atom. The van der Waals surface area contributed by atoms with E-state index >= 15 is 0 Å². The molecule has 3 rings (SSSR count). The van der Waals surface area contributed by atoms with E-state index in [-0.39, 0.29) is 12.4 Å². The number of aryl methyl sites for hydroxylation is 1. The van der Waals surface area contributed by atoms with Crippen molar-refractivity contribution >= 4 is 34.6 Å². The maximum absolute atomic E-state index is 12.3. The van der Waals surface area contributed by atoms with Gasteiger partial charge in [0.15, 0.2) is 0 Å². The molecule has 0 aliphatic rings. The normalized spacial score (nSPS) is 10.9. The van der Waals surface area contributed by atoms with Crippen LogP contribution in [0.1, 0.15) is 33.0 Å². The van der Waals surface area contributed by atoms with Gasteiger partial charge in [-0.2, -0.15) is 11.3 Å². The molecule has 3 aromatic rings. The fraction of sp³-hybridized carbons (Fsp3) is 0.300. The van der Waals surface area contributed by atoms with Gasteiger partial charge in [0.2, 0.25) is 0 Å². The number of thiophene rings is 2. The molecule has 2 N–H and O–H groups in total. The lowest BCUT2D eigenvalue weighted by molar-refractivity contribution is -0.140. The molecule has 5 nitrogen and oxygen atoms in total. The van der Waals surface area contributed by atoms with E-state index in [0.717, 1.165) is 35.5 Å². The lowest BCUT2D eigenvalue weighted by Crippen LogP contribution is -2.13. The number of aromatic nitrogens is 1. The number of methoxy groups -OCH3 is 1. The number of carbonyl (C=O) groups excluding carboxylic acids is 2. The maximum atomic E-state index is 12.3. The van der Waals surface area contributed by atoms with E-state index in [4.69, 9.17) is 10.5 Å². The predicted octanol–water partition coefficient (Wildman–Crippen LogP) is 4.03. The molecule has 0 fully saturated rings. The smallest absolute Gasteiger partial charge is 0.305 e. The summed E-state index contributed by atoms with van der Waals surface area (Å²) < 4.78 is 6.94. The number of hydrogen-bond acceptors (Lipinski definition) is 5. The van der Waals surface area contributed by atoms with Crippen LogP contribution in [0, 0.1) is 6.92 Å². The van der Waals surface area contributed by atoms with Crippen LogP contribution in [0.25, 0.3) is 11.1 Å². The molecular weight excluding hydrogens is 380 g/mol. The van der Waals surface area contributed by atoms with Crippen LogP contribution in [0.5, 0.6) is 0 Å². The quantitative estimate of drug-likeness (QED) is 0.578. The number of nitrogens with two attached hydrogens (primary N) is 1. The average molecular weight is 403 g/mol. The first-order valence-electron chi connectivity index (χ1n) is 8.66. The summed E-state index contributed by atoms with van der Waals surface area (Å²) in [5, 5.41) is 6.04. The predicted molar refractivity (Wildman–Crippen MR) is 109 cm³/mol. The molecule has 0 radical (unpaired) electrons. The van der Waals surface area contributed by atoms with Crippen LogP contribution in [0.4, 0.5) is 0 Å². The molecule has 0 aliphatic carbocycles. The Kier molecular flexibility index (Phi) is 6.13. The van der Waals surface area contributed by atoms with Gasteiger partial charge in [0, 0.05) is 28.4 Å². The van der Waals surface area contributed by atoms with E-state index in [9.17, 15) is 9.59 Å². The zero-order valence-electron chi connectivity index (χ0n) is 15.4. The van der Waals surface area contributed by atoms with E-state index in [1.165, 1.54) is 12.0 Å². The summed E-state index contributed by atoms with van der Waals surface area (Å²) in [6.07, 6.45) is 1.62. The highest BCUT2D eigenvalue weighted by Gasteiger charge is 2.25. The molecule has 3 heterocycles. The summed E-state index contributed by atoms with van der Waals surface area (Å²) in [6.45, 7) is 2.65. The first-order valence-corrected chi connectivity index (χ1v) is 10.5. The molecule has 0 unspecified atom stereocenters.